The molecule has 1 amide bonds. The topological polar surface area (TPSA) is 47.6 Å². The molecular formula is C21H18BrNO3. The molecule has 1 atom stereocenters. The summed E-state index contributed by atoms with van der Waals surface area (Å²) < 4.78 is 11.9. The van der Waals surface area contributed by atoms with Gasteiger partial charge >= 0.3 is 0 Å². The Morgan fingerprint density at radius 1 is 1.00 bits per heavy atom. The third-order valence-electron chi connectivity index (χ3n) is 4.87. The molecule has 4 rings (SSSR count). The standard InChI is InChI=1S/C21H18BrNO3/c1-25-18-11-17(22)19(26-2)9-16(18)15-10-20(24)23-21-13-6-4-3-5-12(13)7-8-14(15)21/h3-9,11,15H,10H2,1-2H3,(H,23,24). The second-order valence-corrected chi connectivity index (χ2v) is 7.14. The van der Waals surface area contributed by atoms with Gasteiger partial charge in [-0.3, -0.25) is 4.79 Å². The van der Waals surface area contributed by atoms with Crippen molar-refractivity contribution >= 4 is 38.3 Å². The van der Waals surface area contributed by atoms with Crippen molar-refractivity contribution in [3.8, 4) is 11.5 Å². The molecule has 1 unspecified atom stereocenters. The van der Waals surface area contributed by atoms with Crippen LogP contribution in [0, 0.1) is 0 Å². The summed E-state index contributed by atoms with van der Waals surface area (Å²) in [6.07, 6.45) is 0.368. The van der Waals surface area contributed by atoms with Gasteiger partial charge < -0.3 is 14.8 Å². The molecule has 0 saturated heterocycles. The highest BCUT2D eigenvalue weighted by Crippen LogP contribution is 2.45. The molecule has 1 aliphatic heterocycles. The number of carbonyl (C=O) groups is 1. The lowest BCUT2D eigenvalue weighted by Gasteiger charge is -2.28. The van der Waals surface area contributed by atoms with Gasteiger partial charge in [0.2, 0.25) is 5.91 Å². The number of anilines is 1. The van der Waals surface area contributed by atoms with Crippen LogP contribution in [0.5, 0.6) is 11.5 Å². The summed E-state index contributed by atoms with van der Waals surface area (Å²) >= 11 is 3.50. The van der Waals surface area contributed by atoms with Crippen LogP contribution in [-0.2, 0) is 4.79 Å². The van der Waals surface area contributed by atoms with Crippen LogP contribution >= 0.6 is 15.9 Å². The molecule has 3 aromatic rings. The van der Waals surface area contributed by atoms with Crippen molar-refractivity contribution in [2.45, 2.75) is 12.3 Å². The van der Waals surface area contributed by atoms with E-state index in [4.69, 9.17) is 9.47 Å². The Morgan fingerprint density at radius 2 is 1.77 bits per heavy atom. The van der Waals surface area contributed by atoms with Crippen molar-refractivity contribution in [1.29, 1.82) is 0 Å². The third kappa shape index (κ3) is 2.72. The fourth-order valence-electron chi connectivity index (χ4n) is 3.64. The summed E-state index contributed by atoms with van der Waals surface area (Å²) in [6, 6.07) is 16.1. The zero-order valence-electron chi connectivity index (χ0n) is 14.5. The number of benzene rings is 3. The van der Waals surface area contributed by atoms with Gasteiger partial charge in [-0.05, 0) is 39.0 Å². The van der Waals surface area contributed by atoms with E-state index in [2.05, 4.69) is 39.4 Å². The maximum atomic E-state index is 12.5. The van der Waals surface area contributed by atoms with Gasteiger partial charge in [-0.2, -0.15) is 0 Å². The quantitative estimate of drug-likeness (QED) is 0.652. The Kier molecular flexibility index (Phi) is 4.32. The smallest absolute Gasteiger partial charge is 0.225 e. The third-order valence-corrected chi connectivity index (χ3v) is 5.49. The second-order valence-electron chi connectivity index (χ2n) is 6.28. The monoisotopic (exact) mass is 411 g/mol. The van der Waals surface area contributed by atoms with Crippen LogP contribution in [0.4, 0.5) is 5.69 Å². The summed E-state index contributed by atoms with van der Waals surface area (Å²) in [5, 5.41) is 5.21. The van der Waals surface area contributed by atoms with Crippen LogP contribution < -0.4 is 14.8 Å². The minimum absolute atomic E-state index is 0.00258. The molecule has 3 aromatic carbocycles. The van der Waals surface area contributed by atoms with E-state index < -0.39 is 0 Å². The van der Waals surface area contributed by atoms with Gasteiger partial charge in [0.1, 0.15) is 11.5 Å². The van der Waals surface area contributed by atoms with Crippen molar-refractivity contribution in [3.05, 3.63) is 64.1 Å². The average molecular weight is 412 g/mol. The molecule has 0 saturated carbocycles. The van der Waals surface area contributed by atoms with E-state index in [1.54, 1.807) is 14.2 Å². The molecule has 0 aliphatic carbocycles. The normalized spacial score (nSPS) is 16.1. The molecule has 0 fully saturated rings. The van der Waals surface area contributed by atoms with Crippen molar-refractivity contribution in [3.63, 3.8) is 0 Å². The van der Waals surface area contributed by atoms with E-state index in [9.17, 15) is 4.79 Å². The number of nitrogens with one attached hydrogen (secondary N) is 1. The van der Waals surface area contributed by atoms with Crippen LogP contribution in [0.2, 0.25) is 0 Å². The van der Waals surface area contributed by atoms with Crippen molar-refractivity contribution in [2.75, 3.05) is 19.5 Å². The van der Waals surface area contributed by atoms with Crippen molar-refractivity contribution in [1.82, 2.24) is 0 Å². The summed E-state index contributed by atoms with van der Waals surface area (Å²) in [6.45, 7) is 0. The summed E-state index contributed by atoms with van der Waals surface area (Å²) in [5.41, 5.74) is 2.91. The molecule has 1 heterocycles. The number of rotatable bonds is 3. The van der Waals surface area contributed by atoms with Crippen molar-refractivity contribution < 1.29 is 14.3 Å². The Labute approximate surface area is 160 Å². The van der Waals surface area contributed by atoms with Gasteiger partial charge in [0.15, 0.2) is 0 Å². The highest BCUT2D eigenvalue weighted by atomic mass is 79.9. The second kappa shape index (κ2) is 6.65. The predicted octanol–water partition coefficient (Wildman–Crippen LogP) is 5.09. The lowest BCUT2D eigenvalue weighted by atomic mass is 9.83. The molecule has 0 bridgehead atoms. The van der Waals surface area contributed by atoms with E-state index in [0.717, 1.165) is 37.8 Å². The Balaban J connectivity index is 1.95. The molecule has 0 spiro atoms. The molecule has 132 valence electrons. The minimum Gasteiger partial charge on any atom is -0.496 e. The number of amides is 1. The van der Waals surface area contributed by atoms with Crippen LogP contribution in [0.3, 0.4) is 0 Å². The molecule has 4 nitrogen and oxygen atoms in total. The number of halogens is 1. The Hall–Kier alpha value is -2.53. The molecule has 0 aromatic heterocycles. The number of fused-ring (bicyclic) bond motifs is 3. The number of methoxy groups -OCH3 is 2. The molecule has 26 heavy (non-hydrogen) atoms. The first-order valence-electron chi connectivity index (χ1n) is 8.35. The highest BCUT2D eigenvalue weighted by molar-refractivity contribution is 9.10. The van der Waals surface area contributed by atoms with E-state index in [1.165, 1.54) is 0 Å². The number of hydrogen-bond acceptors (Lipinski definition) is 3. The van der Waals surface area contributed by atoms with E-state index >= 15 is 0 Å². The highest BCUT2D eigenvalue weighted by Gasteiger charge is 2.30. The fourth-order valence-corrected chi connectivity index (χ4v) is 4.12. The van der Waals surface area contributed by atoms with Crippen LogP contribution in [-0.4, -0.2) is 20.1 Å². The summed E-state index contributed by atoms with van der Waals surface area (Å²) in [5.74, 6) is 1.36. The van der Waals surface area contributed by atoms with Gasteiger partial charge in [0.05, 0.1) is 24.4 Å². The van der Waals surface area contributed by atoms with Gasteiger partial charge in [0.25, 0.3) is 0 Å². The number of hydrogen-bond donors (Lipinski definition) is 1. The van der Waals surface area contributed by atoms with Crippen LogP contribution in [0.1, 0.15) is 23.5 Å². The lowest BCUT2D eigenvalue weighted by molar-refractivity contribution is -0.116. The Morgan fingerprint density at radius 3 is 2.54 bits per heavy atom. The molecule has 0 radical (unpaired) electrons. The first kappa shape index (κ1) is 16.9. The SMILES string of the molecule is COc1cc(C2CC(=O)Nc3c2ccc2ccccc32)c(OC)cc1Br. The van der Waals surface area contributed by atoms with E-state index in [1.807, 2.05) is 30.3 Å². The minimum atomic E-state index is -0.0969. The number of ether oxygens (including phenoxy) is 2. The van der Waals surface area contributed by atoms with E-state index in [0.29, 0.717) is 12.2 Å². The van der Waals surface area contributed by atoms with Gasteiger partial charge in [-0.15, -0.1) is 0 Å². The number of carbonyl (C=O) groups excluding carboxylic acids is 1. The van der Waals surface area contributed by atoms with E-state index in [-0.39, 0.29) is 11.8 Å². The Bertz CT molecular complexity index is 1020. The predicted molar refractivity (Wildman–Crippen MR) is 106 cm³/mol. The largest absolute Gasteiger partial charge is 0.496 e. The maximum Gasteiger partial charge on any atom is 0.225 e. The molecule has 1 N–H and O–H groups in total. The molecule has 5 heteroatoms. The molecule has 1 aliphatic rings. The maximum absolute atomic E-state index is 12.5. The zero-order chi connectivity index (χ0) is 18.3. The van der Waals surface area contributed by atoms with Crippen LogP contribution in [0.25, 0.3) is 10.8 Å². The zero-order valence-corrected chi connectivity index (χ0v) is 16.1. The van der Waals surface area contributed by atoms with Gasteiger partial charge in [-0.1, -0.05) is 36.4 Å². The lowest BCUT2D eigenvalue weighted by Crippen LogP contribution is -2.24. The van der Waals surface area contributed by atoms with Gasteiger partial charge in [-0.25, -0.2) is 0 Å². The summed E-state index contributed by atoms with van der Waals surface area (Å²) in [7, 11) is 3.27. The van der Waals surface area contributed by atoms with Crippen molar-refractivity contribution in [2.24, 2.45) is 0 Å². The average Bonchev–Trinajstić information content (AvgIpc) is 2.67. The summed E-state index contributed by atoms with van der Waals surface area (Å²) in [4.78, 5) is 12.5. The fraction of sp³-hybridized carbons (Fsp3) is 0.190. The molecular weight excluding hydrogens is 394 g/mol. The van der Waals surface area contributed by atoms with Crippen LogP contribution in [0.15, 0.2) is 53.0 Å². The van der Waals surface area contributed by atoms with Gasteiger partial charge in [0, 0.05) is 23.3 Å². The first-order valence-corrected chi connectivity index (χ1v) is 9.14. The first-order chi connectivity index (χ1) is 12.6.